The minimum absolute atomic E-state index is 0.0439. The maximum absolute atomic E-state index is 9.57. The Morgan fingerprint density at radius 2 is 2.08 bits per heavy atom. The van der Waals surface area contributed by atoms with Crippen LogP contribution in [0.4, 0.5) is 0 Å². The topological polar surface area (TPSA) is 23.5 Å². The number of hydrogen-bond donors (Lipinski definition) is 1. The fourth-order valence-electron chi connectivity index (χ4n) is 2.43. The summed E-state index contributed by atoms with van der Waals surface area (Å²) in [7, 11) is 0. The van der Waals surface area contributed by atoms with Gasteiger partial charge in [0.2, 0.25) is 0 Å². The van der Waals surface area contributed by atoms with Gasteiger partial charge in [-0.25, -0.2) is 0 Å². The molecule has 1 N–H and O–H groups in total. The van der Waals surface area contributed by atoms with E-state index in [1.807, 2.05) is 0 Å². The predicted octanol–water partition coefficient (Wildman–Crippen LogP) is 1.49. The molecule has 76 valence electrons. The molecule has 2 heteroatoms. The highest BCUT2D eigenvalue weighted by Crippen LogP contribution is 2.28. The molecule has 2 atom stereocenters. The standard InChI is InChI=1S/C11H21NO/c1-9-7-12(6-5-11(9)13)8-10-3-2-4-10/h9-11,13H,2-8H2,1H3. The molecule has 0 bridgehead atoms. The first kappa shape index (κ1) is 9.47. The second-order valence-electron chi connectivity index (χ2n) is 4.89. The lowest BCUT2D eigenvalue weighted by Gasteiger charge is -2.38. The first-order valence-corrected chi connectivity index (χ1v) is 5.66. The molecule has 1 aliphatic heterocycles. The predicted molar refractivity (Wildman–Crippen MR) is 53.6 cm³/mol. The van der Waals surface area contributed by atoms with Crippen LogP contribution in [0, 0.1) is 11.8 Å². The summed E-state index contributed by atoms with van der Waals surface area (Å²) < 4.78 is 0. The Kier molecular flexibility index (Phi) is 2.89. The van der Waals surface area contributed by atoms with E-state index in [9.17, 15) is 5.11 Å². The van der Waals surface area contributed by atoms with E-state index in [1.165, 1.54) is 25.8 Å². The molecule has 1 aliphatic carbocycles. The van der Waals surface area contributed by atoms with E-state index in [0.717, 1.165) is 25.4 Å². The maximum Gasteiger partial charge on any atom is 0.0590 e. The SMILES string of the molecule is CC1CN(CC2CCC2)CCC1O. The quantitative estimate of drug-likeness (QED) is 0.701. The number of piperidine rings is 1. The smallest absolute Gasteiger partial charge is 0.0590 e. The van der Waals surface area contributed by atoms with E-state index in [1.54, 1.807) is 0 Å². The third-order valence-corrected chi connectivity index (χ3v) is 3.69. The normalized spacial score (nSPS) is 37.4. The number of aliphatic hydroxyl groups excluding tert-OH is 1. The van der Waals surface area contributed by atoms with E-state index in [-0.39, 0.29) is 6.10 Å². The number of hydrogen-bond acceptors (Lipinski definition) is 2. The highest BCUT2D eigenvalue weighted by Gasteiger charge is 2.27. The number of rotatable bonds is 2. The van der Waals surface area contributed by atoms with Gasteiger partial charge in [0.25, 0.3) is 0 Å². The van der Waals surface area contributed by atoms with Crippen LogP contribution in [0.15, 0.2) is 0 Å². The van der Waals surface area contributed by atoms with Crippen LogP contribution in [0.3, 0.4) is 0 Å². The molecule has 1 saturated heterocycles. The van der Waals surface area contributed by atoms with Crippen molar-refractivity contribution in [1.82, 2.24) is 4.90 Å². The third-order valence-electron chi connectivity index (χ3n) is 3.69. The largest absolute Gasteiger partial charge is 0.393 e. The van der Waals surface area contributed by atoms with E-state index < -0.39 is 0 Å². The van der Waals surface area contributed by atoms with Crippen molar-refractivity contribution in [3.63, 3.8) is 0 Å². The highest BCUT2D eigenvalue weighted by atomic mass is 16.3. The lowest BCUT2D eigenvalue weighted by Crippen LogP contribution is -2.44. The molecule has 2 fully saturated rings. The number of aliphatic hydroxyl groups is 1. The van der Waals surface area contributed by atoms with Crippen molar-refractivity contribution in [3.05, 3.63) is 0 Å². The van der Waals surface area contributed by atoms with Crippen LogP contribution in [0.2, 0.25) is 0 Å². The van der Waals surface area contributed by atoms with E-state index >= 15 is 0 Å². The first-order chi connectivity index (χ1) is 6.25. The van der Waals surface area contributed by atoms with Crippen LogP contribution < -0.4 is 0 Å². The summed E-state index contributed by atoms with van der Waals surface area (Å²) >= 11 is 0. The molecule has 0 amide bonds. The van der Waals surface area contributed by atoms with Gasteiger partial charge in [-0.15, -0.1) is 0 Å². The van der Waals surface area contributed by atoms with Crippen molar-refractivity contribution in [2.45, 2.75) is 38.7 Å². The lowest BCUT2D eigenvalue weighted by molar-refractivity contribution is 0.0235. The molecule has 0 radical (unpaired) electrons. The van der Waals surface area contributed by atoms with E-state index in [0.29, 0.717) is 5.92 Å². The Hall–Kier alpha value is -0.0800. The van der Waals surface area contributed by atoms with Crippen LogP contribution in [-0.2, 0) is 0 Å². The van der Waals surface area contributed by atoms with Crippen molar-refractivity contribution in [1.29, 1.82) is 0 Å². The van der Waals surface area contributed by atoms with Gasteiger partial charge in [-0.2, -0.15) is 0 Å². The Labute approximate surface area is 80.9 Å². The Balaban J connectivity index is 1.74. The summed E-state index contributed by atoms with van der Waals surface area (Å²) in [4.78, 5) is 2.54. The summed E-state index contributed by atoms with van der Waals surface area (Å²) in [6.45, 7) is 5.67. The average molecular weight is 183 g/mol. The van der Waals surface area contributed by atoms with Gasteiger partial charge >= 0.3 is 0 Å². The zero-order valence-electron chi connectivity index (χ0n) is 8.58. The summed E-state index contributed by atoms with van der Waals surface area (Å²) in [6, 6.07) is 0. The van der Waals surface area contributed by atoms with Gasteiger partial charge in [-0.3, -0.25) is 0 Å². The molecular formula is C11H21NO. The van der Waals surface area contributed by atoms with Crippen molar-refractivity contribution >= 4 is 0 Å². The van der Waals surface area contributed by atoms with Gasteiger partial charge in [0.1, 0.15) is 0 Å². The highest BCUT2D eigenvalue weighted by molar-refractivity contribution is 4.80. The van der Waals surface area contributed by atoms with Crippen molar-refractivity contribution in [2.24, 2.45) is 11.8 Å². The monoisotopic (exact) mass is 183 g/mol. The molecular weight excluding hydrogens is 162 g/mol. The number of nitrogens with zero attached hydrogens (tertiary/aromatic N) is 1. The third kappa shape index (κ3) is 2.23. The fraction of sp³-hybridized carbons (Fsp3) is 1.00. The second-order valence-corrected chi connectivity index (χ2v) is 4.89. The Bertz CT molecular complexity index is 165. The summed E-state index contributed by atoms with van der Waals surface area (Å²) in [5, 5.41) is 9.57. The van der Waals surface area contributed by atoms with Gasteiger partial charge in [0, 0.05) is 19.6 Å². The van der Waals surface area contributed by atoms with E-state index in [4.69, 9.17) is 0 Å². The fourth-order valence-corrected chi connectivity index (χ4v) is 2.43. The van der Waals surface area contributed by atoms with Crippen molar-refractivity contribution in [2.75, 3.05) is 19.6 Å². The molecule has 2 aliphatic rings. The van der Waals surface area contributed by atoms with Gasteiger partial charge in [0.15, 0.2) is 0 Å². The maximum atomic E-state index is 9.57. The summed E-state index contributed by atoms with van der Waals surface area (Å²) in [6.07, 6.45) is 5.25. The molecule has 2 nitrogen and oxygen atoms in total. The van der Waals surface area contributed by atoms with Gasteiger partial charge in [0.05, 0.1) is 6.10 Å². The minimum atomic E-state index is -0.0439. The molecule has 2 rings (SSSR count). The molecule has 1 heterocycles. The van der Waals surface area contributed by atoms with E-state index in [2.05, 4.69) is 11.8 Å². The Morgan fingerprint density at radius 3 is 2.62 bits per heavy atom. The van der Waals surface area contributed by atoms with Crippen LogP contribution in [0.25, 0.3) is 0 Å². The van der Waals surface area contributed by atoms with Crippen LogP contribution in [0.1, 0.15) is 32.6 Å². The molecule has 0 spiro atoms. The average Bonchev–Trinajstić information content (AvgIpc) is 2.04. The second kappa shape index (κ2) is 3.97. The molecule has 2 unspecified atom stereocenters. The van der Waals surface area contributed by atoms with Gasteiger partial charge in [-0.1, -0.05) is 13.3 Å². The molecule has 13 heavy (non-hydrogen) atoms. The van der Waals surface area contributed by atoms with Crippen LogP contribution in [0.5, 0.6) is 0 Å². The van der Waals surface area contributed by atoms with Gasteiger partial charge in [-0.05, 0) is 31.1 Å². The molecule has 0 aromatic rings. The molecule has 0 aromatic carbocycles. The van der Waals surface area contributed by atoms with Crippen LogP contribution in [-0.4, -0.2) is 35.7 Å². The Morgan fingerprint density at radius 1 is 1.31 bits per heavy atom. The summed E-state index contributed by atoms with van der Waals surface area (Å²) in [5.41, 5.74) is 0. The van der Waals surface area contributed by atoms with Crippen LogP contribution >= 0.6 is 0 Å². The first-order valence-electron chi connectivity index (χ1n) is 5.66. The zero-order valence-corrected chi connectivity index (χ0v) is 8.58. The molecule has 0 aromatic heterocycles. The van der Waals surface area contributed by atoms with Gasteiger partial charge < -0.3 is 10.0 Å². The molecule has 1 saturated carbocycles. The van der Waals surface area contributed by atoms with Crippen molar-refractivity contribution in [3.8, 4) is 0 Å². The zero-order chi connectivity index (χ0) is 9.26. The summed E-state index contributed by atoms with van der Waals surface area (Å²) in [5.74, 6) is 1.45. The minimum Gasteiger partial charge on any atom is -0.393 e. The number of likely N-dealkylation sites (tertiary alicyclic amines) is 1. The van der Waals surface area contributed by atoms with Crippen molar-refractivity contribution < 1.29 is 5.11 Å². The lowest BCUT2D eigenvalue weighted by atomic mass is 9.84.